The van der Waals surface area contributed by atoms with E-state index in [0.29, 0.717) is 0 Å². The van der Waals surface area contributed by atoms with Gasteiger partial charge in [-0.25, -0.2) is 9.97 Å². The summed E-state index contributed by atoms with van der Waals surface area (Å²) in [6, 6.07) is 28.8. The van der Waals surface area contributed by atoms with Crippen molar-refractivity contribution in [1.82, 2.24) is 19.9 Å². The molecule has 3 aromatic carbocycles. The zero-order valence-corrected chi connectivity index (χ0v) is 27.9. The lowest BCUT2D eigenvalue weighted by atomic mass is 10.1. The van der Waals surface area contributed by atoms with Crippen LogP contribution in [0.4, 0.5) is 0 Å². The molecule has 0 saturated carbocycles. The first-order valence-corrected chi connectivity index (χ1v) is 15.2. The predicted molar refractivity (Wildman–Crippen MR) is 185 cm³/mol. The van der Waals surface area contributed by atoms with E-state index < -0.39 is 0 Å². The van der Waals surface area contributed by atoms with Gasteiger partial charge in [0.2, 0.25) is 0 Å². The van der Waals surface area contributed by atoms with E-state index in [0.717, 1.165) is 45.0 Å². The number of aromatic nitrogens is 4. The first-order chi connectivity index (χ1) is 20.3. The van der Waals surface area contributed by atoms with Crippen molar-refractivity contribution in [2.24, 2.45) is 0 Å². The Hall–Kier alpha value is -4.18. The number of para-hydroxylation sites is 2. The van der Waals surface area contributed by atoms with Crippen LogP contribution in [0.3, 0.4) is 0 Å². The van der Waals surface area contributed by atoms with Crippen molar-refractivity contribution in [1.29, 1.82) is 0 Å². The summed E-state index contributed by atoms with van der Waals surface area (Å²) in [5, 5.41) is 4.93. The highest BCUT2D eigenvalue weighted by molar-refractivity contribution is 5.84. The maximum absolute atomic E-state index is 4.44. The Kier molecular flexibility index (Phi) is 16.2. The molecule has 0 radical (unpaired) electrons. The minimum atomic E-state index is 0.839. The molecule has 0 spiro atoms. The van der Waals surface area contributed by atoms with Gasteiger partial charge in [0.1, 0.15) is 5.82 Å². The molecule has 0 N–H and O–H groups in total. The average molecular weight is 563 g/mol. The standard InChI is InChI=1S/2C11H11N.C10H10N2.3C2H6/c1-8-7-10-5-3-4-6-11(10)9(2)12-8;1-8-7-9(2)12-11-6-4-3-5-10(8)11;1-7-9-5-3-4-6-10(9)12-8(2)11-7;3*1-2/h2*3-7H,1-2H3;3-6H,1-2H3;3*1-2H3. The normalized spacial score (nSPS) is 9.43. The first-order valence-electron chi connectivity index (χ1n) is 15.2. The van der Waals surface area contributed by atoms with Gasteiger partial charge in [0, 0.05) is 38.9 Å². The maximum Gasteiger partial charge on any atom is 0.126 e. The van der Waals surface area contributed by atoms with Crippen molar-refractivity contribution >= 4 is 32.6 Å². The Morgan fingerprint density at radius 3 is 1.48 bits per heavy atom. The number of pyridine rings is 2. The molecule has 4 nitrogen and oxygen atoms in total. The summed E-state index contributed by atoms with van der Waals surface area (Å²) in [5.41, 5.74) is 7.77. The number of benzene rings is 3. The molecule has 4 heteroatoms. The first kappa shape index (κ1) is 35.8. The van der Waals surface area contributed by atoms with Gasteiger partial charge in [-0.3, -0.25) is 9.97 Å². The predicted octanol–water partition coefficient (Wildman–Crippen LogP) is 11.0. The molecule has 0 aliphatic rings. The SMILES string of the molecule is CC.CC.CC.Cc1cc(C)c2ccccc2n1.Cc1cc2ccccc2c(C)n1.Cc1nc(C)c2ccccc2n1. The van der Waals surface area contributed by atoms with Gasteiger partial charge in [-0.05, 0) is 76.8 Å². The quantitative estimate of drug-likeness (QED) is 0.185. The molecular weight excluding hydrogens is 512 g/mol. The minimum Gasteiger partial charge on any atom is -0.258 e. The topological polar surface area (TPSA) is 51.6 Å². The average Bonchev–Trinajstić information content (AvgIpc) is 3.01. The fraction of sp³-hybridized carbons (Fsp3) is 0.316. The van der Waals surface area contributed by atoms with E-state index in [2.05, 4.69) is 76.2 Å². The maximum atomic E-state index is 4.44. The van der Waals surface area contributed by atoms with E-state index in [9.17, 15) is 0 Å². The van der Waals surface area contributed by atoms with Gasteiger partial charge in [0.25, 0.3) is 0 Å². The summed E-state index contributed by atoms with van der Waals surface area (Å²) >= 11 is 0. The van der Waals surface area contributed by atoms with E-state index in [1.165, 1.54) is 21.7 Å². The highest BCUT2D eigenvalue weighted by atomic mass is 14.9. The molecule has 0 atom stereocenters. The third kappa shape index (κ3) is 10.3. The van der Waals surface area contributed by atoms with E-state index in [-0.39, 0.29) is 0 Å². The van der Waals surface area contributed by atoms with Gasteiger partial charge in [-0.1, -0.05) is 102 Å². The fourth-order valence-corrected chi connectivity index (χ4v) is 4.43. The largest absolute Gasteiger partial charge is 0.258 e. The van der Waals surface area contributed by atoms with E-state index in [1.54, 1.807) is 0 Å². The molecule has 0 aliphatic carbocycles. The molecule has 0 fully saturated rings. The minimum absolute atomic E-state index is 0.839. The van der Waals surface area contributed by atoms with Crippen molar-refractivity contribution < 1.29 is 0 Å². The lowest BCUT2D eigenvalue weighted by Gasteiger charge is -2.01. The van der Waals surface area contributed by atoms with Crippen molar-refractivity contribution in [2.45, 2.75) is 83.1 Å². The zero-order valence-electron chi connectivity index (χ0n) is 27.9. The highest BCUT2D eigenvalue weighted by Crippen LogP contribution is 2.18. The van der Waals surface area contributed by atoms with Crippen molar-refractivity contribution in [3.05, 3.63) is 119 Å². The monoisotopic (exact) mass is 562 g/mol. The van der Waals surface area contributed by atoms with Crippen LogP contribution in [0.2, 0.25) is 0 Å². The Bertz CT molecular complexity index is 1460. The third-order valence-corrected chi connectivity index (χ3v) is 6.02. The summed E-state index contributed by atoms with van der Waals surface area (Å²) in [6.45, 7) is 24.2. The van der Waals surface area contributed by atoms with Crippen molar-refractivity contribution in [3.63, 3.8) is 0 Å². The molecule has 3 heterocycles. The van der Waals surface area contributed by atoms with Gasteiger partial charge in [-0.2, -0.15) is 0 Å². The molecule has 0 aliphatic heterocycles. The zero-order chi connectivity index (χ0) is 31.7. The van der Waals surface area contributed by atoms with Crippen LogP contribution in [0, 0.1) is 41.5 Å². The summed E-state index contributed by atoms with van der Waals surface area (Å²) in [7, 11) is 0. The van der Waals surface area contributed by atoms with Crippen molar-refractivity contribution in [2.75, 3.05) is 0 Å². The fourth-order valence-electron chi connectivity index (χ4n) is 4.43. The number of fused-ring (bicyclic) bond motifs is 3. The summed E-state index contributed by atoms with van der Waals surface area (Å²) in [6.07, 6.45) is 0. The van der Waals surface area contributed by atoms with E-state index >= 15 is 0 Å². The molecule has 0 bridgehead atoms. The van der Waals surface area contributed by atoms with Crippen LogP contribution in [-0.4, -0.2) is 19.9 Å². The van der Waals surface area contributed by atoms with E-state index in [1.807, 2.05) is 112 Å². The molecule has 0 amide bonds. The van der Waals surface area contributed by atoms with Crippen LogP contribution in [0.5, 0.6) is 0 Å². The Morgan fingerprint density at radius 2 is 0.857 bits per heavy atom. The Balaban J connectivity index is 0.000000289. The van der Waals surface area contributed by atoms with Crippen LogP contribution >= 0.6 is 0 Å². The number of aryl methyl sites for hydroxylation is 6. The molecule has 6 aromatic rings. The van der Waals surface area contributed by atoms with Crippen LogP contribution in [0.15, 0.2) is 84.9 Å². The molecule has 42 heavy (non-hydrogen) atoms. The van der Waals surface area contributed by atoms with Gasteiger partial charge in [0.05, 0.1) is 11.0 Å². The van der Waals surface area contributed by atoms with Crippen LogP contribution in [-0.2, 0) is 0 Å². The summed E-state index contributed by atoms with van der Waals surface area (Å²) in [4.78, 5) is 17.5. The van der Waals surface area contributed by atoms with E-state index in [4.69, 9.17) is 0 Å². The van der Waals surface area contributed by atoms with Gasteiger partial charge in [-0.15, -0.1) is 0 Å². The van der Waals surface area contributed by atoms with Crippen LogP contribution in [0.1, 0.15) is 75.7 Å². The van der Waals surface area contributed by atoms with Crippen LogP contribution < -0.4 is 0 Å². The molecule has 222 valence electrons. The number of hydrogen-bond acceptors (Lipinski definition) is 4. The molecular formula is C38H50N4. The lowest BCUT2D eigenvalue weighted by molar-refractivity contribution is 1.05. The van der Waals surface area contributed by atoms with Crippen LogP contribution in [0.25, 0.3) is 32.6 Å². The van der Waals surface area contributed by atoms with Gasteiger partial charge < -0.3 is 0 Å². The lowest BCUT2D eigenvalue weighted by Crippen LogP contribution is -1.92. The second-order valence-electron chi connectivity index (χ2n) is 9.04. The van der Waals surface area contributed by atoms with Gasteiger partial charge >= 0.3 is 0 Å². The summed E-state index contributed by atoms with van der Waals surface area (Å²) < 4.78 is 0. The molecule has 6 rings (SSSR count). The second-order valence-corrected chi connectivity index (χ2v) is 9.04. The molecule has 0 unspecified atom stereocenters. The highest BCUT2D eigenvalue weighted by Gasteiger charge is 2.00. The number of nitrogens with zero attached hydrogens (tertiary/aromatic N) is 4. The smallest absolute Gasteiger partial charge is 0.126 e. The van der Waals surface area contributed by atoms with Crippen molar-refractivity contribution in [3.8, 4) is 0 Å². The number of hydrogen-bond donors (Lipinski definition) is 0. The molecule has 0 saturated heterocycles. The third-order valence-electron chi connectivity index (χ3n) is 6.02. The Morgan fingerprint density at radius 1 is 0.405 bits per heavy atom. The molecule has 3 aromatic heterocycles. The second kappa shape index (κ2) is 19.0. The Labute approximate surface area is 254 Å². The summed E-state index contributed by atoms with van der Waals surface area (Å²) in [5.74, 6) is 0.839. The number of rotatable bonds is 0. The van der Waals surface area contributed by atoms with Gasteiger partial charge in [0.15, 0.2) is 0 Å².